The number of carbonyl (C=O) groups excluding carboxylic acids is 1. The Morgan fingerprint density at radius 1 is 1.03 bits per heavy atom. The van der Waals surface area contributed by atoms with E-state index in [0.29, 0.717) is 5.00 Å². The van der Waals surface area contributed by atoms with Crippen molar-refractivity contribution in [1.29, 1.82) is 0 Å². The summed E-state index contributed by atoms with van der Waals surface area (Å²) in [7, 11) is -3.52. The zero-order chi connectivity index (χ0) is 21.5. The van der Waals surface area contributed by atoms with Crippen molar-refractivity contribution in [1.82, 2.24) is 4.98 Å². The summed E-state index contributed by atoms with van der Waals surface area (Å²) < 4.78 is 26.0. The molecule has 0 unspecified atom stereocenters. The third-order valence-electron chi connectivity index (χ3n) is 4.97. The van der Waals surface area contributed by atoms with Gasteiger partial charge in [0.1, 0.15) is 10.0 Å². The molecule has 0 spiro atoms. The van der Waals surface area contributed by atoms with Crippen LogP contribution < -0.4 is 5.32 Å². The number of benzene rings is 2. The highest BCUT2D eigenvalue weighted by molar-refractivity contribution is 7.91. The summed E-state index contributed by atoms with van der Waals surface area (Å²) in [6.07, 6.45) is 0. The third-order valence-corrected chi connectivity index (χ3v) is 8.93. The molecule has 0 bridgehead atoms. The molecule has 4 rings (SSSR count). The number of nitrogens with one attached hydrogen (secondary N) is 1. The molecule has 0 aliphatic rings. The lowest BCUT2D eigenvalue weighted by molar-refractivity contribution is 0.102. The van der Waals surface area contributed by atoms with Gasteiger partial charge in [-0.3, -0.25) is 4.79 Å². The van der Waals surface area contributed by atoms with Gasteiger partial charge < -0.3 is 5.32 Å². The first-order valence-corrected chi connectivity index (χ1v) is 12.7. The summed E-state index contributed by atoms with van der Waals surface area (Å²) >= 11 is 3.05. The van der Waals surface area contributed by atoms with Crippen LogP contribution in [0.5, 0.6) is 0 Å². The van der Waals surface area contributed by atoms with Crippen LogP contribution >= 0.6 is 22.7 Å². The number of para-hydroxylation sites is 1. The number of anilines is 1. The van der Waals surface area contributed by atoms with Crippen molar-refractivity contribution < 1.29 is 13.2 Å². The summed E-state index contributed by atoms with van der Waals surface area (Å²) in [6, 6.07) is 14.2. The lowest BCUT2D eigenvalue weighted by atomic mass is 10.1. The fourth-order valence-electron chi connectivity index (χ4n) is 3.20. The van der Waals surface area contributed by atoms with Crippen molar-refractivity contribution in [3.8, 4) is 10.6 Å². The van der Waals surface area contributed by atoms with Crippen LogP contribution in [0.3, 0.4) is 0 Å². The SMILES string of the molecule is CCS(=O)(=O)c1ccccc1C(=O)Nc1sc(C)c(C)c1-c1nc2ccccc2s1. The normalized spacial score (nSPS) is 11.7. The maximum Gasteiger partial charge on any atom is 0.257 e. The van der Waals surface area contributed by atoms with E-state index in [1.807, 2.05) is 38.1 Å². The van der Waals surface area contributed by atoms with E-state index in [4.69, 9.17) is 4.98 Å². The molecule has 30 heavy (non-hydrogen) atoms. The quantitative estimate of drug-likeness (QED) is 0.419. The Balaban J connectivity index is 1.77. The number of rotatable bonds is 5. The van der Waals surface area contributed by atoms with E-state index in [1.165, 1.54) is 17.4 Å². The first-order valence-electron chi connectivity index (χ1n) is 9.41. The molecule has 1 N–H and O–H groups in total. The molecular formula is C22H20N2O3S3. The Morgan fingerprint density at radius 3 is 2.47 bits per heavy atom. The van der Waals surface area contributed by atoms with Gasteiger partial charge in [-0.25, -0.2) is 13.4 Å². The zero-order valence-electron chi connectivity index (χ0n) is 16.7. The first-order chi connectivity index (χ1) is 14.3. The molecule has 0 aliphatic heterocycles. The second-order valence-electron chi connectivity index (χ2n) is 6.83. The van der Waals surface area contributed by atoms with Gasteiger partial charge in [0.2, 0.25) is 0 Å². The van der Waals surface area contributed by atoms with E-state index in [9.17, 15) is 13.2 Å². The third kappa shape index (κ3) is 3.66. The molecule has 0 atom stereocenters. The average molecular weight is 457 g/mol. The molecule has 154 valence electrons. The standard InChI is InChI=1S/C22H20N2O3S3/c1-4-30(26,27)18-12-8-5-9-15(18)20(25)24-22-19(13(2)14(3)28-22)21-23-16-10-6-7-11-17(16)29-21/h5-12H,4H2,1-3H3,(H,24,25). The number of sulfone groups is 1. The number of fused-ring (bicyclic) bond motifs is 1. The average Bonchev–Trinajstić information content (AvgIpc) is 3.28. The van der Waals surface area contributed by atoms with Crippen LogP contribution in [-0.4, -0.2) is 25.1 Å². The molecule has 0 saturated carbocycles. The number of aryl methyl sites for hydroxylation is 1. The molecule has 2 aromatic heterocycles. The number of carbonyl (C=O) groups is 1. The summed E-state index contributed by atoms with van der Waals surface area (Å²) in [6.45, 7) is 5.58. The topological polar surface area (TPSA) is 76.1 Å². The van der Waals surface area contributed by atoms with Crippen molar-refractivity contribution >= 4 is 53.6 Å². The first kappa shape index (κ1) is 20.7. The van der Waals surface area contributed by atoms with Crippen LogP contribution in [0, 0.1) is 13.8 Å². The van der Waals surface area contributed by atoms with Crippen LogP contribution in [0.25, 0.3) is 20.8 Å². The molecule has 0 saturated heterocycles. The number of aromatic nitrogens is 1. The van der Waals surface area contributed by atoms with Gasteiger partial charge in [0.15, 0.2) is 9.84 Å². The minimum Gasteiger partial charge on any atom is -0.313 e. The Bertz CT molecular complexity index is 1330. The smallest absolute Gasteiger partial charge is 0.257 e. The van der Waals surface area contributed by atoms with Gasteiger partial charge in [0.25, 0.3) is 5.91 Å². The minimum atomic E-state index is -3.52. The van der Waals surface area contributed by atoms with Crippen LogP contribution in [-0.2, 0) is 9.84 Å². The van der Waals surface area contributed by atoms with Crippen molar-refractivity contribution in [2.45, 2.75) is 25.7 Å². The molecule has 0 aliphatic carbocycles. The van der Waals surface area contributed by atoms with Crippen LogP contribution in [0.15, 0.2) is 53.4 Å². The number of thiophene rings is 1. The molecule has 0 radical (unpaired) electrons. The number of hydrogen-bond donors (Lipinski definition) is 1. The Morgan fingerprint density at radius 2 is 1.73 bits per heavy atom. The molecule has 2 aromatic carbocycles. The summed E-state index contributed by atoms with van der Waals surface area (Å²) in [4.78, 5) is 19.0. The molecule has 8 heteroatoms. The predicted molar refractivity (Wildman–Crippen MR) is 125 cm³/mol. The fourth-order valence-corrected chi connectivity index (χ4v) is 6.49. The lowest BCUT2D eigenvalue weighted by Gasteiger charge is -2.10. The monoisotopic (exact) mass is 456 g/mol. The molecule has 5 nitrogen and oxygen atoms in total. The highest BCUT2D eigenvalue weighted by Crippen LogP contribution is 2.43. The van der Waals surface area contributed by atoms with Gasteiger partial charge in [-0.1, -0.05) is 31.2 Å². The molecular weight excluding hydrogens is 436 g/mol. The Kier molecular flexibility index (Phi) is 5.48. The van der Waals surface area contributed by atoms with Crippen molar-refractivity contribution in [3.05, 3.63) is 64.5 Å². The van der Waals surface area contributed by atoms with Crippen molar-refractivity contribution in [2.75, 3.05) is 11.1 Å². The van der Waals surface area contributed by atoms with E-state index in [-0.39, 0.29) is 16.2 Å². The summed E-state index contributed by atoms with van der Waals surface area (Å²) in [5, 5.41) is 4.46. The van der Waals surface area contributed by atoms with Gasteiger partial charge in [-0.2, -0.15) is 0 Å². The maximum absolute atomic E-state index is 13.1. The Labute approximate surface area is 183 Å². The Hall–Kier alpha value is -2.55. The minimum absolute atomic E-state index is 0.0523. The highest BCUT2D eigenvalue weighted by atomic mass is 32.2. The van der Waals surface area contributed by atoms with Crippen LogP contribution in [0.2, 0.25) is 0 Å². The van der Waals surface area contributed by atoms with Crippen LogP contribution in [0.4, 0.5) is 5.00 Å². The van der Waals surface area contributed by atoms with Crippen molar-refractivity contribution in [2.24, 2.45) is 0 Å². The van der Waals surface area contributed by atoms with Crippen LogP contribution in [0.1, 0.15) is 27.7 Å². The molecule has 0 fully saturated rings. The zero-order valence-corrected chi connectivity index (χ0v) is 19.2. The van der Waals surface area contributed by atoms with E-state index in [1.54, 1.807) is 36.5 Å². The van der Waals surface area contributed by atoms with E-state index >= 15 is 0 Å². The predicted octanol–water partition coefficient (Wildman–Crippen LogP) is 5.69. The number of hydrogen-bond acceptors (Lipinski definition) is 6. The van der Waals surface area contributed by atoms with E-state index in [2.05, 4.69) is 5.32 Å². The molecule has 1 amide bonds. The summed E-state index contributed by atoms with van der Waals surface area (Å²) in [5.41, 5.74) is 3.02. The summed E-state index contributed by atoms with van der Waals surface area (Å²) in [5.74, 6) is -0.503. The molecule has 4 aromatic rings. The van der Waals surface area contributed by atoms with Gasteiger partial charge >= 0.3 is 0 Å². The van der Waals surface area contributed by atoms with Gasteiger partial charge in [-0.15, -0.1) is 22.7 Å². The van der Waals surface area contributed by atoms with E-state index < -0.39 is 15.7 Å². The highest BCUT2D eigenvalue weighted by Gasteiger charge is 2.24. The van der Waals surface area contributed by atoms with Crippen molar-refractivity contribution in [3.63, 3.8) is 0 Å². The number of nitrogens with zero attached hydrogens (tertiary/aromatic N) is 1. The second kappa shape index (κ2) is 7.94. The van der Waals surface area contributed by atoms with E-state index in [0.717, 1.165) is 31.2 Å². The second-order valence-corrected chi connectivity index (χ2v) is 11.3. The largest absolute Gasteiger partial charge is 0.313 e. The number of thiazole rings is 1. The van der Waals surface area contributed by atoms with Gasteiger partial charge in [0.05, 0.1) is 26.4 Å². The van der Waals surface area contributed by atoms with Gasteiger partial charge in [0, 0.05) is 10.4 Å². The fraction of sp³-hybridized carbons (Fsp3) is 0.182. The van der Waals surface area contributed by atoms with Gasteiger partial charge in [-0.05, 0) is 43.7 Å². The molecule has 2 heterocycles. The maximum atomic E-state index is 13.1. The lowest BCUT2D eigenvalue weighted by Crippen LogP contribution is -2.17. The number of amides is 1.